The summed E-state index contributed by atoms with van der Waals surface area (Å²) < 4.78 is 9.50. The molecule has 0 aliphatic carbocycles. The Morgan fingerprint density at radius 2 is 2.27 bits per heavy atom. The summed E-state index contributed by atoms with van der Waals surface area (Å²) >= 11 is 0. The van der Waals surface area contributed by atoms with Gasteiger partial charge in [0.1, 0.15) is 0 Å². The molecular weight excluding hydrogens is 150 g/mol. The fourth-order valence-corrected chi connectivity index (χ4v) is 0.514. The lowest BCUT2D eigenvalue weighted by Crippen LogP contribution is -2.33. The third kappa shape index (κ3) is 4.72. The van der Waals surface area contributed by atoms with Crippen molar-refractivity contribution in [2.45, 2.75) is 6.10 Å². The second-order valence-corrected chi connectivity index (χ2v) is 1.93. The molecular formula is C6H13NO4. The average molecular weight is 163 g/mol. The van der Waals surface area contributed by atoms with Gasteiger partial charge in [-0.2, -0.15) is 0 Å². The maximum atomic E-state index is 10.3. The summed E-state index contributed by atoms with van der Waals surface area (Å²) in [6, 6.07) is 0. The standard InChI is InChI=1S/C6H13NO4/c1-10-2-3-11-5(4-7)6(8)9/h5H,2-4,7H2,1H3,(H,8,9). The number of nitrogens with two attached hydrogens (primary N) is 1. The van der Waals surface area contributed by atoms with Gasteiger partial charge in [0.05, 0.1) is 13.2 Å². The molecule has 0 heterocycles. The van der Waals surface area contributed by atoms with E-state index in [-0.39, 0.29) is 13.2 Å². The Morgan fingerprint density at radius 3 is 2.64 bits per heavy atom. The monoisotopic (exact) mass is 163 g/mol. The SMILES string of the molecule is COCCOC(CN)C(=O)O. The van der Waals surface area contributed by atoms with E-state index in [1.807, 2.05) is 0 Å². The molecule has 11 heavy (non-hydrogen) atoms. The lowest BCUT2D eigenvalue weighted by molar-refractivity contribution is -0.150. The van der Waals surface area contributed by atoms with E-state index in [2.05, 4.69) is 4.74 Å². The summed E-state index contributed by atoms with van der Waals surface area (Å²) in [5.41, 5.74) is 5.11. The summed E-state index contributed by atoms with van der Waals surface area (Å²) in [5.74, 6) is -1.04. The fraction of sp³-hybridized carbons (Fsp3) is 0.833. The topological polar surface area (TPSA) is 81.8 Å². The third-order valence-corrected chi connectivity index (χ3v) is 1.10. The van der Waals surface area contributed by atoms with Crippen LogP contribution in [0.3, 0.4) is 0 Å². The van der Waals surface area contributed by atoms with E-state index in [1.54, 1.807) is 0 Å². The highest BCUT2D eigenvalue weighted by Crippen LogP contribution is 1.89. The Labute approximate surface area is 65.1 Å². The van der Waals surface area contributed by atoms with Crippen LogP contribution >= 0.6 is 0 Å². The minimum Gasteiger partial charge on any atom is -0.479 e. The maximum Gasteiger partial charge on any atom is 0.334 e. The predicted octanol–water partition coefficient (Wildman–Crippen LogP) is -0.939. The molecule has 0 aliphatic heterocycles. The van der Waals surface area contributed by atoms with E-state index >= 15 is 0 Å². The molecule has 0 aromatic carbocycles. The first-order chi connectivity index (χ1) is 5.22. The number of aliphatic carboxylic acids is 1. The van der Waals surface area contributed by atoms with Crippen molar-refractivity contribution >= 4 is 5.97 Å². The highest BCUT2D eigenvalue weighted by Gasteiger charge is 2.14. The second-order valence-electron chi connectivity index (χ2n) is 1.93. The van der Waals surface area contributed by atoms with Gasteiger partial charge in [-0.25, -0.2) is 4.79 Å². The van der Waals surface area contributed by atoms with Crippen molar-refractivity contribution in [2.24, 2.45) is 5.73 Å². The average Bonchev–Trinajstić information content (AvgIpc) is 1.97. The fourth-order valence-electron chi connectivity index (χ4n) is 0.514. The van der Waals surface area contributed by atoms with E-state index in [9.17, 15) is 4.79 Å². The van der Waals surface area contributed by atoms with Crippen molar-refractivity contribution < 1.29 is 19.4 Å². The first-order valence-electron chi connectivity index (χ1n) is 3.25. The minimum atomic E-state index is -1.04. The Morgan fingerprint density at radius 1 is 1.64 bits per heavy atom. The highest BCUT2D eigenvalue weighted by molar-refractivity contribution is 5.72. The molecule has 1 atom stereocenters. The molecule has 0 aromatic heterocycles. The summed E-state index contributed by atoms with van der Waals surface area (Å²) in [6.07, 6.45) is -0.912. The Kier molecular flexibility index (Phi) is 5.73. The van der Waals surface area contributed by atoms with Crippen LogP contribution < -0.4 is 5.73 Å². The lowest BCUT2D eigenvalue weighted by atomic mass is 10.4. The zero-order valence-electron chi connectivity index (χ0n) is 6.45. The van der Waals surface area contributed by atoms with Crippen LogP contribution in [0.4, 0.5) is 0 Å². The van der Waals surface area contributed by atoms with Crippen LogP contribution in [0.15, 0.2) is 0 Å². The van der Waals surface area contributed by atoms with E-state index < -0.39 is 12.1 Å². The molecule has 0 bridgehead atoms. The molecule has 1 unspecified atom stereocenters. The van der Waals surface area contributed by atoms with Gasteiger partial charge in [-0.3, -0.25) is 0 Å². The van der Waals surface area contributed by atoms with Gasteiger partial charge in [0.2, 0.25) is 0 Å². The summed E-state index contributed by atoms with van der Waals surface area (Å²) in [6.45, 7) is 0.619. The van der Waals surface area contributed by atoms with Crippen molar-refractivity contribution in [1.29, 1.82) is 0 Å². The molecule has 0 amide bonds. The summed E-state index contributed by atoms with van der Waals surface area (Å²) in [5, 5.41) is 8.43. The zero-order chi connectivity index (χ0) is 8.69. The molecule has 5 heteroatoms. The van der Waals surface area contributed by atoms with Crippen molar-refractivity contribution in [2.75, 3.05) is 26.9 Å². The zero-order valence-corrected chi connectivity index (χ0v) is 6.45. The number of carboxylic acids is 1. The van der Waals surface area contributed by atoms with Crippen molar-refractivity contribution in [3.63, 3.8) is 0 Å². The van der Waals surface area contributed by atoms with Crippen molar-refractivity contribution in [3.8, 4) is 0 Å². The van der Waals surface area contributed by atoms with Crippen LogP contribution in [0.5, 0.6) is 0 Å². The van der Waals surface area contributed by atoms with Gasteiger partial charge in [-0.15, -0.1) is 0 Å². The van der Waals surface area contributed by atoms with Gasteiger partial charge in [0, 0.05) is 13.7 Å². The Balaban J connectivity index is 3.44. The van der Waals surface area contributed by atoms with E-state index in [4.69, 9.17) is 15.6 Å². The Hall–Kier alpha value is -0.650. The van der Waals surface area contributed by atoms with Crippen LogP contribution in [-0.2, 0) is 14.3 Å². The molecule has 0 radical (unpaired) electrons. The minimum absolute atomic E-state index is 0.0148. The Bertz CT molecular complexity index is 117. The van der Waals surface area contributed by atoms with Gasteiger partial charge in [-0.05, 0) is 0 Å². The first-order valence-corrected chi connectivity index (χ1v) is 3.25. The molecule has 0 aliphatic rings. The number of rotatable bonds is 6. The molecule has 0 spiro atoms. The van der Waals surface area contributed by atoms with Crippen LogP contribution in [0.2, 0.25) is 0 Å². The molecule has 5 nitrogen and oxygen atoms in total. The van der Waals surface area contributed by atoms with Crippen LogP contribution in [0, 0.1) is 0 Å². The van der Waals surface area contributed by atoms with Crippen molar-refractivity contribution in [3.05, 3.63) is 0 Å². The smallest absolute Gasteiger partial charge is 0.334 e. The summed E-state index contributed by atoms with van der Waals surface area (Å²) in [7, 11) is 1.52. The second kappa shape index (κ2) is 6.09. The number of hydrogen-bond donors (Lipinski definition) is 2. The number of carbonyl (C=O) groups is 1. The van der Waals surface area contributed by atoms with Gasteiger partial charge >= 0.3 is 5.97 Å². The highest BCUT2D eigenvalue weighted by atomic mass is 16.5. The third-order valence-electron chi connectivity index (χ3n) is 1.10. The van der Waals surface area contributed by atoms with Crippen molar-refractivity contribution in [1.82, 2.24) is 0 Å². The van der Waals surface area contributed by atoms with Crippen LogP contribution in [0.25, 0.3) is 0 Å². The number of hydrogen-bond acceptors (Lipinski definition) is 4. The van der Waals surface area contributed by atoms with E-state index in [0.29, 0.717) is 6.61 Å². The molecule has 0 saturated heterocycles. The molecule has 3 N–H and O–H groups in total. The predicted molar refractivity (Wildman–Crippen MR) is 38.3 cm³/mol. The number of methoxy groups -OCH3 is 1. The van der Waals surface area contributed by atoms with Crippen LogP contribution in [0.1, 0.15) is 0 Å². The van der Waals surface area contributed by atoms with E-state index in [0.717, 1.165) is 0 Å². The quantitative estimate of drug-likeness (QED) is 0.494. The molecule has 0 saturated carbocycles. The molecule has 0 rings (SSSR count). The van der Waals surface area contributed by atoms with Gasteiger partial charge in [0.25, 0.3) is 0 Å². The van der Waals surface area contributed by atoms with Gasteiger partial charge < -0.3 is 20.3 Å². The largest absolute Gasteiger partial charge is 0.479 e. The molecule has 0 aromatic rings. The van der Waals surface area contributed by atoms with Gasteiger partial charge in [-0.1, -0.05) is 0 Å². The number of carboxylic acid groups (broad SMARTS) is 1. The first kappa shape index (κ1) is 10.3. The lowest BCUT2D eigenvalue weighted by Gasteiger charge is -2.09. The maximum absolute atomic E-state index is 10.3. The number of ether oxygens (including phenoxy) is 2. The molecule has 66 valence electrons. The molecule has 0 fully saturated rings. The van der Waals surface area contributed by atoms with Crippen LogP contribution in [-0.4, -0.2) is 44.0 Å². The summed E-state index contributed by atoms with van der Waals surface area (Å²) in [4.78, 5) is 10.3. The van der Waals surface area contributed by atoms with E-state index in [1.165, 1.54) is 7.11 Å². The van der Waals surface area contributed by atoms with Gasteiger partial charge in [0.15, 0.2) is 6.10 Å². The normalized spacial score (nSPS) is 12.9.